The van der Waals surface area contributed by atoms with Crippen LogP contribution < -0.4 is 5.56 Å². The largest absolute Gasteiger partial charge is 0.491 e. The van der Waals surface area contributed by atoms with Gasteiger partial charge >= 0.3 is 5.97 Å². The number of esters is 1. The van der Waals surface area contributed by atoms with E-state index in [1.54, 1.807) is 0 Å². The van der Waals surface area contributed by atoms with Crippen molar-refractivity contribution in [3.8, 4) is 17.4 Å². The molecule has 33 heavy (non-hydrogen) atoms. The molecule has 3 heterocycles. The molecular formula is C20H16F3N5O4S. The summed E-state index contributed by atoms with van der Waals surface area (Å²) < 4.78 is 47.9. The number of methoxy groups -OCH3 is 1. The van der Waals surface area contributed by atoms with Crippen molar-refractivity contribution in [2.24, 2.45) is 0 Å². The van der Waals surface area contributed by atoms with E-state index in [2.05, 4.69) is 19.9 Å². The number of carbonyl (C=O) groups excluding carboxylic acids is 1. The fourth-order valence-electron chi connectivity index (χ4n) is 3.11. The van der Waals surface area contributed by atoms with Crippen LogP contribution in [-0.2, 0) is 11.2 Å². The summed E-state index contributed by atoms with van der Waals surface area (Å²) in [5, 5.41) is 9.58. The number of fused-ring (bicyclic) bond motifs is 1. The minimum absolute atomic E-state index is 0. The number of ether oxygens (including phenoxy) is 1. The van der Waals surface area contributed by atoms with Crippen LogP contribution in [0, 0.1) is 24.4 Å². The fourth-order valence-corrected chi connectivity index (χ4v) is 3.11. The number of aromatic hydroxyl groups is 1. The van der Waals surface area contributed by atoms with Gasteiger partial charge in [0, 0.05) is 12.6 Å². The third kappa shape index (κ3) is 4.26. The van der Waals surface area contributed by atoms with Crippen molar-refractivity contribution in [3.63, 3.8) is 0 Å². The molecule has 0 fully saturated rings. The lowest BCUT2D eigenvalue weighted by Crippen LogP contribution is -2.15. The molecule has 2 N–H and O–H groups in total. The number of imidazole rings is 1. The highest BCUT2D eigenvalue weighted by molar-refractivity contribution is 7.59. The maximum Gasteiger partial charge on any atom is 0.356 e. The number of hydrogen-bond acceptors (Lipinski definition) is 7. The number of carbonyl (C=O) groups is 1. The monoisotopic (exact) mass is 479 g/mol. The summed E-state index contributed by atoms with van der Waals surface area (Å²) in [4.78, 5) is 37.9. The summed E-state index contributed by atoms with van der Waals surface area (Å²) in [7, 11) is 1.16. The van der Waals surface area contributed by atoms with Crippen LogP contribution in [0.1, 0.15) is 27.3 Å². The molecule has 9 nitrogen and oxygen atoms in total. The van der Waals surface area contributed by atoms with Crippen molar-refractivity contribution < 1.29 is 27.8 Å². The van der Waals surface area contributed by atoms with Gasteiger partial charge in [0.1, 0.15) is 17.3 Å². The standard InChI is InChI=1S/C20H14F3N5O4.H2S/c1-8-3-11(22)9(4-10(8)21)5-12-17-24-6-14(20(31)32-2)28(17)7-13(25-12)16-26-18(29)15(23)19(30)27-16;/h3-4,6-7H,5H2,1-2H3,(H2,26,27,29,30);1H2. The van der Waals surface area contributed by atoms with Crippen LogP contribution in [-0.4, -0.2) is 42.5 Å². The Balaban J connectivity index is 0.00000306. The van der Waals surface area contributed by atoms with E-state index in [1.807, 2.05) is 0 Å². The molecule has 0 amide bonds. The average Bonchev–Trinajstić information content (AvgIpc) is 3.19. The number of H-pyrrole nitrogens is 1. The molecule has 0 unspecified atom stereocenters. The van der Waals surface area contributed by atoms with Crippen molar-refractivity contribution in [1.29, 1.82) is 0 Å². The van der Waals surface area contributed by atoms with E-state index < -0.39 is 34.9 Å². The van der Waals surface area contributed by atoms with E-state index in [0.29, 0.717) is 0 Å². The summed E-state index contributed by atoms with van der Waals surface area (Å²) in [5.74, 6) is -5.02. The Morgan fingerprint density at radius 3 is 2.61 bits per heavy atom. The molecule has 172 valence electrons. The third-order valence-electron chi connectivity index (χ3n) is 4.73. The van der Waals surface area contributed by atoms with Gasteiger partial charge in [-0.05, 0) is 30.2 Å². The number of aromatic nitrogens is 5. The number of aryl methyl sites for hydroxylation is 1. The normalized spacial score (nSPS) is 10.8. The molecule has 1 aromatic carbocycles. The van der Waals surface area contributed by atoms with Crippen LogP contribution in [0.15, 0.2) is 29.3 Å². The van der Waals surface area contributed by atoms with Crippen LogP contribution in [0.2, 0.25) is 0 Å². The minimum atomic E-state index is -1.48. The van der Waals surface area contributed by atoms with Gasteiger partial charge in [-0.2, -0.15) is 22.9 Å². The van der Waals surface area contributed by atoms with Gasteiger partial charge in [0.05, 0.1) is 19.0 Å². The van der Waals surface area contributed by atoms with Crippen LogP contribution in [0.25, 0.3) is 17.2 Å². The Labute approximate surface area is 190 Å². The molecule has 0 atom stereocenters. The minimum Gasteiger partial charge on any atom is -0.491 e. The molecule has 0 aliphatic rings. The zero-order chi connectivity index (χ0) is 23.2. The number of benzene rings is 1. The van der Waals surface area contributed by atoms with Gasteiger partial charge in [0.2, 0.25) is 5.82 Å². The molecule has 0 bridgehead atoms. The lowest BCUT2D eigenvalue weighted by atomic mass is 10.1. The Bertz CT molecular complexity index is 1450. The molecular weight excluding hydrogens is 463 g/mol. The van der Waals surface area contributed by atoms with Crippen LogP contribution in [0.4, 0.5) is 13.2 Å². The third-order valence-corrected chi connectivity index (χ3v) is 4.73. The highest BCUT2D eigenvalue weighted by atomic mass is 32.1. The van der Waals surface area contributed by atoms with Gasteiger partial charge in [0.25, 0.3) is 11.4 Å². The van der Waals surface area contributed by atoms with Crippen molar-refractivity contribution in [3.05, 3.63) is 74.8 Å². The van der Waals surface area contributed by atoms with Crippen molar-refractivity contribution in [2.75, 3.05) is 7.11 Å². The zero-order valence-corrected chi connectivity index (χ0v) is 18.1. The number of rotatable bonds is 4. The van der Waals surface area contributed by atoms with E-state index in [1.165, 1.54) is 23.7 Å². The molecule has 0 aliphatic carbocycles. The lowest BCUT2D eigenvalue weighted by Gasteiger charge is -2.10. The van der Waals surface area contributed by atoms with E-state index in [9.17, 15) is 27.9 Å². The Hall–Kier alpha value is -3.87. The number of aromatic amines is 1. The van der Waals surface area contributed by atoms with Crippen LogP contribution >= 0.6 is 13.5 Å². The van der Waals surface area contributed by atoms with E-state index in [0.717, 1.165) is 19.2 Å². The van der Waals surface area contributed by atoms with E-state index in [4.69, 9.17) is 4.74 Å². The maximum absolute atomic E-state index is 14.4. The Morgan fingerprint density at radius 2 is 1.94 bits per heavy atom. The van der Waals surface area contributed by atoms with Crippen molar-refractivity contribution >= 4 is 25.1 Å². The summed E-state index contributed by atoms with van der Waals surface area (Å²) in [6, 6.07) is 2.05. The Morgan fingerprint density at radius 1 is 1.21 bits per heavy atom. The summed E-state index contributed by atoms with van der Waals surface area (Å²) in [6.07, 6.45) is 2.20. The van der Waals surface area contributed by atoms with Crippen molar-refractivity contribution in [1.82, 2.24) is 24.3 Å². The van der Waals surface area contributed by atoms with Crippen LogP contribution in [0.3, 0.4) is 0 Å². The molecule has 4 rings (SSSR count). The average molecular weight is 479 g/mol. The predicted octanol–water partition coefficient (Wildman–Crippen LogP) is 2.40. The van der Waals surface area contributed by atoms with Gasteiger partial charge in [-0.1, -0.05) is 0 Å². The second-order valence-corrected chi connectivity index (χ2v) is 6.82. The van der Waals surface area contributed by atoms with Gasteiger partial charge in [-0.3, -0.25) is 9.20 Å². The molecule has 0 saturated carbocycles. The maximum atomic E-state index is 14.4. The number of hydrogen-bond donors (Lipinski definition) is 2. The predicted molar refractivity (Wildman–Crippen MR) is 114 cm³/mol. The molecule has 0 aliphatic heterocycles. The highest BCUT2D eigenvalue weighted by Gasteiger charge is 2.21. The molecule has 0 saturated heterocycles. The SMILES string of the molecule is COC(=O)c1cnc2c(Cc3cc(F)c(C)cc3F)nc(-c3nc(O)c(F)c(=O)[nH]3)cn12.S. The molecule has 4 aromatic rings. The Kier molecular flexibility index (Phi) is 6.44. The molecule has 3 aromatic heterocycles. The fraction of sp³-hybridized carbons (Fsp3) is 0.150. The number of nitrogens with zero attached hydrogens (tertiary/aromatic N) is 4. The lowest BCUT2D eigenvalue weighted by molar-refractivity contribution is 0.0593. The van der Waals surface area contributed by atoms with Crippen LogP contribution in [0.5, 0.6) is 5.88 Å². The van der Waals surface area contributed by atoms with Gasteiger partial charge in [0.15, 0.2) is 17.2 Å². The van der Waals surface area contributed by atoms with E-state index >= 15 is 0 Å². The van der Waals surface area contributed by atoms with Gasteiger partial charge in [-0.15, -0.1) is 0 Å². The molecule has 0 spiro atoms. The first-order chi connectivity index (χ1) is 15.2. The highest BCUT2D eigenvalue weighted by Crippen LogP contribution is 2.23. The first-order valence-corrected chi connectivity index (χ1v) is 9.08. The van der Waals surface area contributed by atoms with Crippen molar-refractivity contribution in [2.45, 2.75) is 13.3 Å². The van der Waals surface area contributed by atoms with E-state index in [-0.39, 0.29) is 59.6 Å². The second-order valence-electron chi connectivity index (χ2n) is 6.82. The first-order valence-electron chi connectivity index (χ1n) is 9.08. The number of nitrogens with one attached hydrogen (secondary N) is 1. The molecule has 13 heteroatoms. The summed E-state index contributed by atoms with van der Waals surface area (Å²) in [5.41, 5.74) is -1.08. The van der Waals surface area contributed by atoms with Gasteiger partial charge in [-0.25, -0.2) is 23.5 Å². The quantitative estimate of drug-likeness (QED) is 0.431. The smallest absolute Gasteiger partial charge is 0.356 e. The number of halogens is 3. The molecule has 0 radical (unpaired) electrons. The zero-order valence-electron chi connectivity index (χ0n) is 17.1. The van der Waals surface area contributed by atoms with Gasteiger partial charge < -0.3 is 14.8 Å². The summed E-state index contributed by atoms with van der Waals surface area (Å²) >= 11 is 0. The topological polar surface area (TPSA) is 122 Å². The second kappa shape index (κ2) is 8.94. The first kappa shape index (κ1) is 23.8. The summed E-state index contributed by atoms with van der Waals surface area (Å²) in [6.45, 7) is 1.42.